The lowest BCUT2D eigenvalue weighted by Gasteiger charge is -2.27. The average molecular weight is 144 g/mol. The van der Waals surface area contributed by atoms with Crippen LogP contribution in [0.5, 0.6) is 0 Å². The van der Waals surface area contributed by atoms with Gasteiger partial charge in [0.05, 0.1) is 19.3 Å². The maximum Gasteiger partial charge on any atom is 0.0668 e. The molecule has 1 unspecified atom stereocenters. The van der Waals surface area contributed by atoms with Crippen molar-refractivity contribution in [3.8, 4) is 0 Å². The minimum Gasteiger partial charge on any atom is -0.392 e. The average Bonchev–Trinajstić information content (AvgIpc) is 1.88. The Hall–Kier alpha value is -0.120. The molecule has 59 valence electrons. The van der Waals surface area contributed by atoms with Crippen molar-refractivity contribution >= 4 is 0 Å². The minimum absolute atomic E-state index is 0.460. The second-order valence-electron chi connectivity index (χ2n) is 2.57. The van der Waals surface area contributed by atoms with Gasteiger partial charge in [-0.05, 0) is 6.92 Å². The monoisotopic (exact) mass is 144 g/mol. The van der Waals surface area contributed by atoms with E-state index in [1.165, 1.54) is 0 Å². The molecule has 0 amide bonds. The summed E-state index contributed by atoms with van der Waals surface area (Å²) >= 11 is 0. The van der Waals surface area contributed by atoms with Gasteiger partial charge in [0, 0.05) is 19.6 Å². The molecule has 1 atom stereocenters. The summed E-state index contributed by atoms with van der Waals surface area (Å²) in [6, 6.07) is 0. The SMILES string of the molecule is [CH2]C(O)CN1CCOCC1. The number of hydrogen-bond acceptors (Lipinski definition) is 3. The highest BCUT2D eigenvalue weighted by Gasteiger charge is 2.11. The number of aliphatic hydroxyl groups is 1. The van der Waals surface area contributed by atoms with Crippen LogP contribution < -0.4 is 0 Å². The highest BCUT2D eigenvalue weighted by Crippen LogP contribution is 1.97. The van der Waals surface area contributed by atoms with Gasteiger partial charge in [0.2, 0.25) is 0 Å². The molecule has 10 heavy (non-hydrogen) atoms. The molecule has 1 heterocycles. The van der Waals surface area contributed by atoms with Gasteiger partial charge < -0.3 is 9.84 Å². The third kappa shape index (κ3) is 2.64. The summed E-state index contributed by atoms with van der Waals surface area (Å²) in [7, 11) is 0. The molecule has 0 aromatic heterocycles. The van der Waals surface area contributed by atoms with Gasteiger partial charge in [-0.3, -0.25) is 4.90 Å². The van der Waals surface area contributed by atoms with Crippen molar-refractivity contribution in [3.63, 3.8) is 0 Å². The van der Waals surface area contributed by atoms with E-state index in [-0.39, 0.29) is 0 Å². The van der Waals surface area contributed by atoms with Gasteiger partial charge in [-0.2, -0.15) is 0 Å². The van der Waals surface area contributed by atoms with Gasteiger partial charge >= 0.3 is 0 Å². The van der Waals surface area contributed by atoms with Crippen LogP contribution in [0.2, 0.25) is 0 Å². The van der Waals surface area contributed by atoms with Gasteiger partial charge in [-0.1, -0.05) is 0 Å². The molecular weight excluding hydrogens is 130 g/mol. The van der Waals surface area contributed by atoms with E-state index in [2.05, 4.69) is 11.8 Å². The smallest absolute Gasteiger partial charge is 0.0668 e. The normalized spacial score (nSPS) is 24.6. The summed E-state index contributed by atoms with van der Waals surface area (Å²) in [6.45, 7) is 7.59. The first-order valence-corrected chi connectivity index (χ1v) is 3.60. The van der Waals surface area contributed by atoms with Crippen LogP contribution in [0, 0.1) is 6.92 Å². The van der Waals surface area contributed by atoms with E-state index in [0.29, 0.717) is 6.54 Å². The number of β-amino-alcohol motifs (C(OH)–C–C–N with tert-alkyl or cyclic N) is 1. The van der Waals surface area contributed by atoms with Crippen molar-refractivity contribution in [3.05, 3.63) is 6.92 Å². The van der Waals surface area contributed by atoms with Crippen molar-refractivity contribution in [1.82, 2.24) is 4.90 Å². The summed E-state index contributed by atoms with van der Waals surface area (Å²) in [5.41, 5.74) is 0. The first kappa shape index (κ1) is 7.98. The standard InChI is InChI=1S/C7H14NO2/c1-7(9)6-8-2-4-10-5-3-8/h7,9H,1-6H2. The molecular formula is C7H14NO2. The molecule has 1 rings (SSSR count). The first-order valence-electron chi connectivity index (χ1n) is 3.60. The largest absolute Gasteiger partial charge is 0.392 e. The van der Waals surface area contributed by atoms with Crippen LogP contribution in [0.25, 0.3) is 0 Å². The second-order valence-corrected chi connectivity index (χ2v) is 2.57. The number of ether oxygens (including phenoxy) is 1. The summed E-state index contributed by atoms with van der Waals surface area (Å²) in [5, 5.41) is 8.91. The van der Waals surface area contributed by atoms with Crippen LogP contribution >= 0.6 is 0 Å². The topological polar surface area (TPSA) is 32.7 Å². The van der Waals surface area contributed by atoms with E-state index in [4.69, 9.17) is 9.84 Å². The van der Waals surface area contributed by atoms with Crippen LogP contribution in [0.15, 0.2) is 0 Å². The number of rotatable bonds is 2. The predicted molar refractivity (Wildman–Crippen MR) is 38.6 cm³/mol. The molecule has 1 aliphatic heterocycles. The fraction of sp³-hybridized carbons (Fsp3) is 0.857. The summed E-state index contributed by atoms with van der Waals surface area (Å²) in [5.74, 6) is 0. The van der Waals surface area contributed by atoms with E-state index >= 15 is 0 Å². The Morgan fingerprint density at radius 1 is 1.50 bits per heavy atom. The highest BCUT2D eigenvalue weighted by atomic mass is 16.5. The van der Waals surface area contributed by atoms with Crippen molar-refractivity contribution in [2.24, 2.45) is 0 Å². The van der Waals surface area contributed by atoms with Crippen LogP contribution in [0.4, 0.5) is 0 Å². The van der Waals surface area contributed by atoms with Crippen molar-refractivity contribution in [1.29, 1.82) is 0 Å². The van der Waals surface area contributed by atoms with Gasteiger partial charge in [0.1, 0.15) is 0 Å². The molecule has 3 nitrogen and oxygen atoms in total. The van der Waals surface area contributed by atoms with Crippen molar-refractivity contribution < 1.29 is 9.84 Å². The molecule has 1 aliphatic rings. The number of morpholine rings is 1. The summed E-state index contributed by atoms with van der Waals surface area (Å²) in [6.07, 6.45) is -0.460. The van der Waals surface area contributed by atoms with Crippen molar-refractivity contribution in [2.45, 2.75) is 6.10 Å². The summed E-state index contributed by atoms with van der Waals surface area (Å²) < 4.78 is 5.14. The Kier molecular flexibility index (Phi) is 3.12. The highest BCUT2D eigenvalue weighted by molar-refractivity contribution is 4.67. The van der Waals surface area contributed by atoms with Crippen LogP contribution in [0.1, 0.15) is 0 Å². The summed E-state index contributed by atoms with van der Waals surface area (Å²) in [4.78, 5) is 2.15. The van der Waals surface area contributed by atoms with E-state index in [1.807, 2.05) is 0 Å². The Balaban J connectivity index is 2.13. The number of hydrogen-bond donors (Lipinski definition) is 1. The van der Waals surface area contributed by atoms with Crippen molar-refractivity contribution in [2.75, 3.05) is 32.8 Å². The fourth-order valence-electron chi connectivity index (χ4n) is 1.08. The molecule has 1 fully saturated rings. The van der Waals surface area contributed by atoms with E-state index in [9.17, 15) is 0 Å². The third-order valence-corrected chi connectivity index (χ3v) is 1.57. The van der Waals surface area contributed by atoms with Crippen LogP contribution in [-0.4, -0.2) is 49.0 Å². The lowest BCUT2D eigenvalue weighted by Crippen LogP contribution is -2.40. The number of aliphatic hydroxyl groups excluding tert-OH is 1. The molecule has 3 heteroatoms. The molecule has 0 spiro atoms. The minimum atomic E-state index is -0.460. The molecule has 1 N–H and O–H groups in total. The lowest BCUT2D eigenvalue weighted by atomic mass is 10.3. The molecule has 0 aliphatic carbocycles. The van der Waals surface area contributed by atoms with E-state index < -0.39 is 6.10 Å². The first-order chi connectivity index (χ1) is 4.79. The zero-order valence-electron chi connectivity index (χ0n) is 6.12. The Bertz CT molecular complexity index is 89.6. The Morgan fingerprint density at radius 3 is 2.60 bits per heavy atom. The van der Waals surface area contributed by atoms with Crippen LogP contribution in [0.3, 0.4) is 0 Å². The molecule has 0 saturated carbocycles. The van der Waals surface area contributed by atoms with Gasteiger partial charge in [-0.15, -0.1) is 0 Å². The number of nitrogens with zero attached hydrogens (tertiary/aromatic N) is 1. The van der Waals surface area contributed by atoms with Gasteiger partial charge in [0.25, 0.3) is 0 Å². The van der Waals surface area contributed by atoms with Crippen LogP contribution in [-0.2, 0) is 4.74 Å². The predicted octanol–water partition coefficient (Wildman–Crippen LogP) is -0.486. The quantitative estimate of drug-likeness (QED) is 0.568. The molecule has 0 aromatic rings. The van der Waals surface area contributed by atoms with Gasteiger partial charge in [-0.25, -0.2) is 0 Å². The molecule has 1 radical (unpaired) electrons. The van der Waals surface area contributed by atoms with E-state index in [0.717, 1.165) is 26.3 Å². The fourth-order valence-corrected chi connectivity index (χ4v) is 1.08. The molecule has 1 saturated heterocycles. The Morgan fingerprint density at radius 2 is 2.10 bits per heavy atom. The maximum atomic E-state index is 8.91. The second kappa shape index (κ2) is 3.91. The lowest BCUT2D eigenvalue weighted by molar-refractivity contribution is 0.0219. The van der Waals surface area contributed by atoms with E-state index in [1.54, 1.807) is 0 Å². The zero-order valence-corrected chi connectivity index (χ0v) is 6.12. The van der Waals surface area contributed by atoms with Gasteiger partial charge in [0.15, 0.2) is 0 Å². The molecule has 0 aromatic carbocycles. The third-order valence-electron chi connectivity index (χ3n) is 1.57. The Labute approximate surface area is 61.6 Å². The maximum absolute atomic E-state index is 8.91. The molecule has 0 bridgehead atoms. The zero-order chi connectivity index (χ0) is 7.40.